The minimum Gasteiger partial charge on any atom is -0.478 e. The second-order valence-corrected chi connectivity index (χ2v) is 6.52. The lowest BCUT2D eigenvalue weighted by Crippen LogP contribution is -2.36. The zero-order valence-corrected chi connectivity index (χ0v) is 14.4. The van der Waals surface area contributed by atoms with Gasteiger partial charge in [0.05, 0.1) is 22.2 Å². The van der Waals surface area contributed by atoms with E-state index in [4.69, 9.17) is 4.52 Å². The average Bonchev–Trinajstić information content (AvgIpc) is 3.00. The molecule has 0 atom stereocenters. The number of aromatic carboxylic acids is 1. The van der Waals surface area contributed by atoms with Gasteiger partial charge in [0, 0.05) is 18.8 Å². The summed E-state index contributed by atoms with van der Waals surface area (Å²) < 4.78 is 5.21. The van der Waals surface area contributed by atoms with Crippen LogP contribution in [-0.2, 0) is 13.0 Å². The van der Waals surface area contributed by atoms with Gasteiger partial charge in [-0.25, -0.2) is 9.78 Å². The van der Waals surface area contributed by atoms with Crippen molar-refractivity contribution in [1.29, 1.82) is 0 Å². The number of carboxylic acid groups (broad SMARTS) is 1. The first-order chi connectivity index (χ1) is 12.4. The van der Waals surface area contributed by atoms with Crippen molar-refractivity contribution in [3.8, 4) is 0 Å². The first-order valence-corrected chi connectivity index (χ1v) is 8.32. The molecule has 0 radical (unpaired) electrons. The molecule has 1 amide bonds. The fourth-order valence-corrected chi connectivity index (χ4v) is 3.42. The third kappa shape index (κ3) is 2.61. The largest absolute Gasteiger partial charge is 0.478 e. The van der Waals surface area contributed by atoms with Gasteiger partial charge in [-0.05, 0) is 49.6 Å². The number of benzene rings is 1. The molecule has 1 aromatic carbocycles. The number of hydrogen-bond acceptors (Lipinski definition) is 5. The Kier molecular flexibility index (Phi) is 3.72. The zero-order chi connectivity index (χ0) is 18.4. The molecule has 0 saturated carbocycles. The topological polar surface area (TPSA) is 96.5 Å². The van der Waals surface area contributed by atoms with Crippen molar-refractivity contribution in [2.75, 3.05) is 6.54 Å². The molecule has 3 heterocycles. The minimum absolute atomic E-state index is 0.127. The van der Waals surface area contributed by atoms with Crippen LogP contribution >= 0.6 is 0 Å². The van der Waals surface area contributed by atoms with Crippen LogP contribution in [0.2, 0.25) is 0 Å². The maximum Gasteiger partial charge on any atom is 0.335 e. The van der Waals surface area contributed by atoms with Gasteiger partial charge in [-0.15, -0.1) is 0 Å². The highest BCUT2D eigenvalue weighted by Crippen LogP contribution is 2.26. The Morgan fingerprint density at radius 2 is 2.00 bits per heavy atom. The van der Waals surface area contributed by atoms with Crippen LogP contribution in [0.5, 0.6) is 0 Å². The predicted molar refractivity (Wildman–Crippen MR) is 93.1 cm³/mol. The highest BCUT2D eigenvalue weighted by atomic mass is 16.5. The van der Waals surface area contributed by atoms with E-state index < -0.39 is 5.97 Å². The Morgan fingerprint density at radius 1 is 1.19 bits per heavy atom. The third-order valence-electron chi connectivity index (χ3n) is 4.73. The lowest BCUT2D eigenvalue weighted by Gasteiger charge is -2.29. The summed E-state index contributed by atoms with van der Waals surface area (Å²) in [5.74, 6) is -1.10. The van der Waals surface area contributed by atoms with E-state index in [2.05, 4.69) is 10.1 Å². The van der Waals surface area contributed by atoms with E-state index in [1.165, 1.54) is 0 Å². The van der Waals surface area contributed by atoms with Gasteiger partial charge in [-0.3, -0.25) is 4.79 Å². The molecule has 0 spiro atoms. The fourth-order valence-electron chi connectivity index (χ4n) is 3.42. The second kappa shape index (κ2) is 5.94. The molecule has 7 nitrogen and oxygen atoms in total. The molecular formula is C19H17N3O4. The SMILES string of the molecule is Cc1cc(C(=O)N2CCc3ccc(C(=O)O)cc3C2)c2c(C)noc2n1. The van der Waals surface area contributed by atoms with E-state index in [0.29, 0.717) is 47.6 Å². The van der Waals surface area contributed by atoms with E-state index in [0.717, 1.165) is 11.1 Å². The van der Waals surface area contributed by atoms with E-state index in [1.54, 1.807) is 36.9 Å². The Bertz CT molecular complexity index is 1050. The van der Waals surface area contributed by atoms with Gasteiger partial charge in [-0.2, -0.15) is 0 Å². The number of hydrogen-bond donors (Lipinski definition) is 1. The van der Waals surface area contributed by atoms with Crippen molar-refractivity contribution >= 4 is 23.0 Å². The molecule has 132 valence electrons. The quantitative estimate of drug-likeness (QED) is 0.762. The van der Waals surface area contributed by atoms with Crippen LogP contribution in [0, 0.1) is 13.8 Å². The van der Waals surface area contributed by atoms with Crippen LogP contribution in [-0.4, -0.2) is 38.6 Å². The lowest BCUT2D eigenvalue weighted by molar-refractivity contribution is 0.0696. The highest BCUT2D eigenvalue weighted by Gasteiger charge is 2.26. The molecule has 4 rings (SSSR count). The van der Waals surface area contributed by atoms with Crippen LogP contribution in [0.15, 0.2) is 28.8 Å². The maximum absolute atomic E-state index is 13.2. The molecule has 1 aliphatic heterocycles. The smallest absolute Gasteiger partial charge is 0.335 e. The Hall–Kier alpha value is -3.22. The van der Waals surface area contributed by atoms with Gasteiger partial charge in [0.25, 0.3) is 11.6 Å². The molecule has 3 aromatic rings. The van der Waals surface area contributed by atoms with Crippen LogP contribution in [0.3, 0.4) is 0 Å². The number of amides is 1. The Labute approximate surface area is 149 Å². The van der Waals surface area contributed by atoms with E-state index in [1.807, 2.05) is 6.07 Å². The number of carbonyl (C=O) groups is 2. The Balaban J connectivity index is 1.71. The van der Waals surface area contributed by atoms with Gasteiger partial charge >= 0.3 is 5.97 Å². The number of fused-ring (bicyclic) bond motifs is 2. The molecule has 0 bridgehead atoms. The summed E-state index contributed by atoms with van der Waals surface area (Å²) in [6.07, 6.45) is 0.691. The summed E-state index contributed by atoms with van der Waals surface area (Å²) in [4.78, 5) is 30.4. The number of carbonyl (C=O) groups excluding carboxylic acids is 1. The first-order valence-electron chi connectivity index (χ1n) is 8.32. The summed E-state index contributed by atoms with van der Waals surface area (Å²) in [7, 11) is 0. The molecule has 7 heteroatoms. The lowest BCUT2D eigenvalue weighted by atomic mass is 9.96. The molecule has 26 heavy (non-hydrogen) atoms. The summed E-state index contributed by atoms with van der Waals surface area (Å²) in [6, 6.07) is 6.83. The predicted octanol–water partition coefficient (Wildman–Crippen LogP) is 2.74. The number of rotatable bonds is 2. The third-order valence-corrected chi connectivity index (χ3v) is 4.73. The van der Waals surface area contributed by atoms with Crippen molar-refractivity contribution in [3.05, 3.63) is 57.9 Å². The van der Waals surface area contributed by atoms with Crippen molar-refractivity contribution in [3.63, 3.8) is 0 Å². The number of carboxylic acids is 1. The highest BCUT2D eigenvalue weighted by molar-refractivity contribution is 6.06. The first kappa shape index (κ1) is 16.3. The van der Waals surface area contributed by atoms with Gasteiger partial charge < -0.3 is 14.5 Å². The number of aryl methyl sites for hydroxylation is 2. The summed E-state index contributed by atoms with van der Waals surface area (Å²) in [5.41, 5.74) is 4.37. The molecule has 1 aliphatic rings. The summed E-state index contributed by atoms with van der Waals surface area (Å²) in [5, 5.41) is 13.7. The maximum atomic E-state index is 13.2. The second-order valence-electron chi connectivity index (χ2n) is 6.52. The van der Waals surface area contributed by atoms with Gasteiger partial charge in [0.15, 0.2) is 0 Å². The minimum atomic E-state index is -0.970. The van der Waals surface area contributed by atoms with Gasteiger partial charge in [-0.1, -0.05) is 11.2 Å². The molecule has 0 fully saturated rings. The van der Waals surface area contributed by atoms with E-state index in [9.17, 15) is 14.7 Å². The average molecular weight is 351 g/mol. The molecule has 0 unspecified atom stereocenters. The van der Waals surface area contributed by atoms with Crippen molar-refractivity contribution in [2.24, 2.45) is 0 Å². The van der Waals surface area contributed by atoms with Gasteiger partial charge in [0.1, 0.15) is 0 Å². The Morgan fingerprint density at radius 3 is 2.77 bits per heavy atom. The van der Waals surface area contributed by atoms with Crippen LogP contribution in [0.4, 0.5) is 0 Å². The normalized spacial score (nSPS) is 13.7. The van der Waals surface area contributed by atoms with E-state index in [-0.39, 0.29) is 11.5 Å². The van der Waals surface area contributed by atoms with Crippen LogP contribution < -0.4 is 0 Å². The van der Waals surface area contributed by atoms with Gasteiger partial charge in [0.2, 0.25) is 0 Å². The number of pyridine rings is 1. The molecule has 2 aromatic heterocycles. The zero-order valence-electron chi connectivity index (χ0n) is 14.4. The molecule has 1 N–H and O–H groups in total. The van der Waals surface area contributed by atoms with E-state index >= 15 is 0 Å². The number of nitrogens with zero attached hydrogens (tertiary/aromatic N) is 3. The fraction of sp³-hybridized carbons (Fsp3) is 0.263. The summed E-state index contributed by atoms with van der Waals surface area (Å²) >= 11 is 0. The van der Waals surface area contributed by atoms with Crippen molar-refractivity contribution in [1.82, 2.24) is 15.0 Å². The standard InChI is InChI=1S/C19H17N3O4/c1-10-7-15(16-11(2)21-26-17(16)20-10)18(23)22-6-5-12-3-4-13(19(24)25)8-14(12)9-22/h3-4,7-8H,5-6,9H2,1-2H3,(H,24,25). The van der Waals surface area contributed by atoms with Crippen molar-refractivity contribution in [2.45, 2.75) is 26.8 Å². The van der Waals surface area contributed by atoms with Crippen LogP contribution in [0.25, 0.3) is 11.1 Å². The molecule has 0 aliphatic carbocycles. The molecular weight excluding hydrogens is 334 g/mol. The van der Waals surface area contributed by atoms with Crippen LogP contribution in [0.1, 0.15) is 43.2 Å². The summed E-state index contributed by atoms with van der Waals surface area (Å²) in [6.45, 7) is 4.54. The molecule has 0 saturated heterocycles. The number of aromatic nitrogens is 2. The monoisotopic (exact) mass is 351 g/mol. The van der Waals surface area contributed by atoms with Crippen molar-refractivity contribution < 1.29 is 19.2 Å².